The fraction of sp³-hybridized carbons (Fsp3) is 0.625. The molecule has 0 atom stereocenters. The molecule has 0 radical (unpaired) electrons. The second-order valence-corrected chi connectivity index (χ2v) is 52.4. The molecule has 0 aliphatic carbocycles. The molecule has 0 aromatic carbocycles. The lowest BCUT2D eigenvalue weighted by Crippen LogP contribution is -2.15. The summed E-state index contributed by atoms with van der Waals surface area (Å²) in [6.07, 6.45) is 50.7. The smallest absolute Gasteiger partial charge is 0.181 e. The third-order valence-electron chi connectivity index (χ3n) is 22.6. The number of thiophene rings is 9. The van der Waals surface area contributed by atoms with Crippen molar-refractivity contribution in [1.82, 2.24) is 0 Å². The van der Waals surface area contributed by atoms with Gasteiger partial charge in [0.05, 0.1) is 52.3 Å². The first-order valence-corrected chi connectivity index (χ1v) is 62.1. The van der Waals surface area contributed by atoms with Crippen LogP contribution in [0.3, 0.4) is 0 Å². The number of hydrogen-bond donors (Lipinski definition) is 0. The van der Waals surface area contributed by atoms with Crippen LogP contribution in [0.2, 0.25) is 0 Å². The van der Waals surface area contributed by atoms with Gasteiger partial charge in [-0.3, -0.25) is 0 Å². The predicted octanol–water partition coefficient (Wildman–Crippen LogP) is 35.7. The molecule has 0 spiro atoms. The van der Waals surface area contributed by atoms with Crippen molar-refractivity contribution in [3.8, 4) is 78.0 Å². The first-order chi connectivity index (χ1) is 57.9. The standard InChI is InChI=1S/C96H140O8S15/c1-7-13-19-25-31-37-43-49-67-107-91-85(79-63-65-83(111-79)89-95(118(101,102)73-53-47-41-35-29-23-17-11-5)93(116(97,98)71-51-45-39-33-27-21-15-9-3)87(114-89)81-61-59-77(109-81)75-57-55-69-105-75)113-86(92(91)108-68-50-44-38-32-26-20-14-8-2)80-64-66-84(112-80)90-96(119(103,104)74-54-48-42-36-30-24-18-12-6)94(117(99,100)72-52-46-40-34-28-22-16-10-4)88(115-90)82-62-60-78(110-82)76-58-56-70-106-76/h55-66,69-70H,7-54,67-68,71-74H2,1-6H3. The molecule has 9 aromatic heterocycles. The molecule has 8 nitrogen and oxygen atoms in total. The second-order valence-electron chi connectivity index (χ2n) is 32.7. The lowest BCUT2D eigenvalue weighted by Gasteiger charge is -2.11. The van der Waals surface area contributed by atoms with Crippen LogP contribution in [0.5, 0.6) is 0 Å². The SMILES string of the molecule is CCCCCCCCCCSc1c(-c2ccc(-c3sc(-c4ccc(-c5cccs5)s4)c(S(=O)(=O)CCCCCCCCCC)c3S(=O)(=O)CCCCCCCCCC)s2)sc(-c2ccc(-c3sc(-c4ccc(-c5cccs5)s4)c(S(=O)(=O)CCCCCCCCCC)c3S(=O)(=O)CCCCCCCCCC)s2)c1SCCCCCCCCCC. The van der Waals surface area contributed by atoms with Crippen molar-refractivity contribution in [2.45, 2.75) is 379 Å². The van der Waals surface area contributed by atoms with Crippen molar-refractivity contribution < 1.29 is 33.7 Å². The second kappa shape index (κ2) is 54.9. The average molecular weight is 1900 g/mol. The van der Waals surface area contributed by atoms with Gasteiger partial charge < -0.3 is 0 Å². The van der Waals surface area contributed by atoms with Crippen LogP contribution in [0.15, 0.2) is 113 Å². The Labute approximate surface area is 765 Å². The normalized spacial score (nSPS) is 12.4. The maximum Gasteiger partial charge on any atom is 0.181 e. The Balaban J connectivity index is 1.21. The van der Waals surface area contributed by atoms with E-state index in [2.05, 4.69) is 101 Å². The summed E-state index contributed by atoms with van der Waals surface area (Å²) in [6, 6.07) is 24.8. The van der Waals surface area contributed by atoms with Gasteiger partial charge in [0, 0.05) is 58.6 Å². The van der Waals surface area contributed by atoms with Gasteiger partial charge in [0.25, 0.3) is 0 Å². The molecule has 23 heteroatoms. The fourth-order valence-electron chi connectivity index (χ4n) is 15.7. The van der Waals surface area contributed by atoms with Gasteiger partial charge in [-0.25, -0.2) is 33.7 Å². The molecular weight excluding hydrogens is 1760 g/mol. The summed E-state index contributed by atoms with van der Waals surface area (Å²) in [5, 5.41) is 4.11. The maximum atomic E-state index is 15.9. The molecule has 0 saturated heterocycles. The number of unbranched alkanes of at least 4 members (excludes halogenated alkanes) is 42. The predicted molar refractivity (Wildman–Crippen MR) is 536 cm³/mol. The number of rotatable bonds is 68. The van der Waals surface area contributed by atoms with Crippen molar-refractivity contribution in [2.24, 2.45) is 0 Å². The van der Waals surface area contributed by atoms with Crippen LogP contribution in [0.4, 0.5) is 0 Å². The van der Waals surface area contributed by atoms with E-state index in [0.29, 0.717) is 45.2 Å². The molecule has 0 amide bonds. The third kappa shape index (κ3) is 31.6. The Morgan fingerprint density at radius 3 is 0.630 bits per heavy atom. The van der Waals surface area contributed by atoms with E-state index in [0.717, 1.165) is 224 Å². The van der Waals surface area contributed by atoms with Crippen molar-refractivity contribution in [2.75, 3.05) is 34.5 Å². The lowest BCUT2D eigenvalue weighted by molar-refractivity contribution is 0.566. The number of thioether (sulfide) groups is 2. The Morgan fingerprint density at radius 2 is 0.403 bits per heavy atom. The summed E-state index contributed by atoms with van der Waals surface area (Å²) in [5.74, 6) is 1.30. The molecule has 9 aromatic rings. The van der Waals surface area contributed by atoms with Crippen molar-refractivity contribution >= 4 is 165 Å². The molecule has 0 aliphatic heterocycles. The van der Waals surface area contributed by atoms with E-state index >= 15 is 33.7 Å². The van der Waals surface area contributed by atoms with Crippen LogP contribution in [0.25, 0.3) is 78.0 Å². The largest absolute Gasteiger partial charge is 0.224 e. The minimum absolute atomic E-state index is 0.0172. The summed E-state index contributed by atoms with van der Waals surface area (Å²) in [4.78, 5) is 15.7. The van der Waals surface area contributed by atoms with Gasteiger partial charge >= 0.3 is 0 Å². The van der Waals surface area contributed by atoms with E-state index in [1.807, 2.05) is 47.8 Å². The minimum Gasteiger partial charge on any atom is -0.224 e. The van der Waals surface area contributed by atoms with Crippen LogP contribution in [-0.2, 0) is 39.3 Å². The van der Waals surface area contributed by atoms with Crippen LogP contribution in [-0.4, -0.2) is 68.2 Å². The summed E-state index contributed by atoms with van der Waals surface area (Å²) < 4.78 is 126. The van der Waals surface area contributed by atoms with Crippen LogP contribution in [0.1, 0.15) is 350 Å². The van der Waals surface area contributed by atoms with E-state index in [1.165, 1.54) is 184 Å². The van der Waals surface area contributed by atoms with Crippen LogP contribution in [0, 0.1) is 0 Å². The summed E-state index contributed by atoms with van der Waals surface area (Å²) in [5.41, 5.74) is 0. The van der Waals surface area contributed by atoms with Crippen molar-refractivity contribution in [3.63, 3.8) is 0 Å². The van der Waals surface area contributed by atoms with E-state index < -0.39 is 39.3 Å². The zero-order valence-electron chi connectivity index (χ0n) is 72.7. The van der Waals surface area contributed by atoms with Crippen LogP contribution < -0.4 is 0 Å². The molecule has 119 heavy (non-hydrogen) atoms. The highest BCUT2D eigenvalue weighted by Crippen LogP contribution is 2.59. The van der Waals surface area contributed by atoms with Gasteiger partial charge in [-0.2, -0.15) is 0 Å². The zero-order chi connectivity index (χ0) is 84.6. The van der Waals surface area contributed by atoms with E-state index in [1.54, 1.807) is 56.7 Å². The number of hydrogen-bond acceptors (Lipinski definition) is 19. The molecule has 662 valence electrons. The van der Waals surface area contributed by atoms with Gasteiger partial charge in [-0.05, 0) is 121 Å². The molecule has 0 aliphatic rings. The van der Waals surface area contributed by atoms with E-state index in [-0.39, 0.29) is 42.6 Å². The molecule has 9 heterocycles. The topological polar surface area (TPSA) is 137 Å². The first-order valence-electron chi connectivity index (χ1n) is 46.1. The fourth-order valence-corrected chi connectivity index (χ4v) is 38.9. The number of sulfone groups is 4. The highest BCUT2D eigenvalue weighted by molar-refractivity contribution is 8.02. The summed E-state index contributed by atoms with van der Waals surface area (Å²) in [6.45, 7) is 13.4. The molecule has 0 saturated carbocycles. The summed E-state index contributed by atoms with van der Waals surface area (Å²) in [7, 11) is -16.7. The van der Waals surface area contributed by atoms with Gasteiger partial charge in [-0.15, -0.1) is 126 Å². The van der Waals surface area contributed by atoms with Gasteiger partial charge in [0.1, 0.15) is 19.6 Å². The maximum absolute atomic E-state index is 15.9. The molecule has 0 N–H and O–H groups in total. The Kier molecular flexibility index (Phi) is 46.4. The highest BCUT2D eigenvalue weighted by atomic mass is 32.2. The lowest BCUT2D eigenvalue weighted by atomic mass is 10.1. The van der Waals surface area contributed by atoms with E-state index in [9.17, 15) is 0 Å². The Morgan fingerprint density at radius 1 is 0.210 bits per heavy atom. The van der Waals surface area contributed by atoms with Crippen LogP contribution >= 0.6 is 126 Å². The minimum atomic E-state index is -4.19. The van der Waals surface area contributed by atoms with E-state index in [4.69, 9.17) is 0 Å². The molecule has 0 unspecified atom stereocenters. The first kappa shape index (κ1) is 101. The Bertz CT molecular complexity index is 4480. The molecule has 9 rings (SSSR count). The van der Waals surface area contributed by atoms with Gasteiger partial charge in [-0.1, -0.05) is 323 Å². The molecule has 0 bridgehead atoms. The highest BCUT2D eigenvalue weighted by Gasteiger charge is 2.40. The Hall–Kier alpha value is -2.20. The van der Waals surface area contributed by atoms with Gasteiger partial charge in [0.15, 0.2) is 39.3 Å². The monoisotopic (exact) mass is 1900 g/mol. The van der Waals surface area contributed by atoms with Gasteiger partial charge in [0.2, 0.25) is 0 Å². The molecular formula is C96H140O8S15. The molecule has 0 fully saturated rings. The quantitative estimate of drug-likeness (QED) is 0.0268. The average Bonchev–Trinajstić information content (AvgIpc) is 1.59. The third-order valence-corrected chi connectivity index (χ3v) is 44.7. The van der Waals surface area contributed by atoms with Crippen molar-refractivity contribution in [3.05, 3.63) is 83.6 Å². The van der Waals surface area contributed by atoms with Crippen molar-refractivity contribution in [1.29, 1.82) is 0 Å². The zero-order valence-corrected chi connectivity index (χ0v) is 84.9. The summed E-state index contributed by atoms with van der Waals surface area (Å²) >= 11 is 17.8.